The fraction of sp³-hybridized carbons (Fsp3) is 0.643. The van der Waals surface area contributed by atoms with Gasteiger partial charge in [-0.15, -0.1) is 11.3 Å². The highest BCUT2D eigenvalue weighted by atomic mass is 32.1. The van der Waals surface area contributed by atoms with Gasteiger partial charge in [0, 0.05) is 24.7 Å². The van der Waals surface area contributed by atoms with Gasteiger partial charge in [-0.25, -0.2) is 4.98 Å². The molecule has 1 fully saturated rings. The lowest BCUT2D eigenvalue weighted by atomic mass is 9.98. The number of hydrogen-bond acceptors (Lipinski definition) is 4. The van der Waals surface area contributed by atoms with Crippen LogP contribution in [0.25, 0.3) is 4.96 Å². The molecule has 1 N–H and O–H groups in total. The molecule has 19 heavy (non-hydrogen) atoms. The summed E-state index contributed by atoms with van der Waals surface area (Å²) in [6.07, 6.45) is 4.81. The van der Waals surface area contributed by atoms with Gasteiger partial charge in [0.1, 0.15) is 0 Å². The molecule has 1 unspecified atom stereocenters. The molecule has 0 spiro atoms. The first-order chi connectivity index (χ1) is 9.24. The second kappa shape index (κ2) is 5.61. The van der Waals surface area contributed by atoms with E-state index in [1.165, 1.54) is 31.6 Å². The summed E-state index contributed by atoms with van der Waals surface area (Å²) in [5.41, 5.74) is 2.46. The number of nitrogens with zero attached hydrogens (tertiary/aromatic N) is 3. The zero-order valence-corrected chi connectivity index (χ0v) is 12.5. The zero-order valence-electron chi connectivity index (χ0n) is 11.7. The van der Waals surface area contributed by atoms with Crippen LogP contribution in [0.4, 0.5) is 0 Å². The van der Waals surface area contributed by atoms with E-state index in [2.05, 4.69) is 45.1 Å². The molecule has 5 heteroatoms. The Hall–Kier alpha value is -0.910. The number of likely N-dealkylation sites (tertiary alicyclic amines) is 1. The monoisotopic (exact) mass is 278 g/mol. The van der Waals surface area contributed by atoms with E-state index in [-0.39, 0.29) is 0 Å². The number of rotatable bonds is 4. The third-order valence-corrected chi connectivity index (χ3v) is 4.77. The SMILES string of the molecule is Cc1nc2sccn2c1CNCC1CCCN(C)C1. The van der Waals surface area contributed by atoms with Crippen LogP contribution in [-0.4, -0.2) is 41.0 Å². The normalized spacial score (nSPS) is 21.3. The molecule has 104 valence electrons. The summed E-state index contributed by atoms with van der Waals surface area (Å²) in [4.78, 5) is 8.13. The summed E-state index contributed by atoms with van der Waals surface area (Å²) < 4.78 is 2.21. The fourth-order valence-electron chi connectivity index (χ4n) is 2.99. The Morgan fingerprint density at radius 2 is 2.42 bits per heavy atom. The quantitative estimate of drug-likeness (QED) is 0.930. The van der Waals surface area contributed by atoms with Crippen molar-refractivity contribution in [2.24, 2.45) is 5.92 Å². The zero-order chi connectivity index (χ0) is 13.2. The Morgan fingerprint density at radius 3 is 3.26 bits per heavy atom. The van der Waals surface area contributed by atoms with Gasteiger partial charge in [0.15, 0.2) is 4.96 Å². The number of hydrogen-bond donors (Lipinski definition) is 1. The standard InChI is InChI=1S/C14H22N4S/c1-11-13(18-6-7-19-14(18)16-11)9-15-8-12-4-3-5-17(2)10-12/h6-7,12,15H,3-5,8-10H2,1-2H3. The summed E-state index contributed by atoms with van der Waals surface area (Å²) in [6.45, 7) is 6.62. The molecule has 2 aromatic rings. The van der Waals surface area contributed by atoms with Crippen molar-refractivity contribution in [2.75, 3.05) is 26.7 Å². The van der Waals surface area contributed by atoms with E-state index in [4.69, 9.17) is 0 Å². The van der Waals surface area contributed by atoms with Crippen LogP contribution in [0.3, 0.4) is 0 Å². The fourth-order valence-corrected chi connectivity index (χ4v) is 3.77. The number of imidazole rings is 1. The van der Waals surface area contributed by atoms with E-state index >= 15 is 0 Å². The highest BCUT2D eigenvalue weighted by Crippen LogP contribution is 2.17. The number of thiazole rings is 1. The van der Waals surface area contributed by atoms with E-state index in [0.29, 0.717) is 0 Å². The van der Waals surface area contributed by atoms with Gasteiger partial charge < -0.3 is 10.2 Å². The van der Waals surface area contributed by atoms with Gasteiger partial charge in [-0.2, -0.15) is 0 Å². The van der Waals surface area contributed by atoms with Crippen molar-refractivity contribution in [3.8, 4) is 0 Å². The van der Waals surface area contributed by atoms with Crippen LogP contribution >= 0.6 is 11.3 Å². The van der Waals surface area contributed by atoms with Gasteiger partial charge >= 0.3 is 0 Å². The molecule has 0 aliphatic carbocycles. The molecule has 1 atom stereocenters. The Bertz CT molecular complexity index is 545. The summed E-state index contributed by atoms with van der Waals surface area (Å²) in [7, 11) is 2.22. The third-order valence-electron chi connectivity index (χ3n) is 4.01. The van der Waals surface area contributed by atoms with Crippen molar-refractivity contribution < 1.29 is 0 Å². The van der Waals surface area contributed by atoms with Gasteiger partial charge in [0.25, 0.3) is 0 Å². The minimum Gasteiger partial charge on any atom is -0.311 e. The Balaban J connectivity index is 1.57. The highest BCUT2D eigenvalue weighted by molar-refractivity contribution is 7.15. The molecule has 0 radical (unpaired) electrons. The number of nitrogens with one attached hydrogen (secondary N) is 1. The van der Waals surface area contributed by atoms with Crippen molar-refractivity contribution in [1.82, 2.24) is 19.6 Å². The van der Waals surface area contributed by atoms with Crippen molar-refractivity contribution in [3.63, 3.8) is 0 Å². The molecule has 1 aliphatic rings. The summed E-state index contributed by atoms with van der Waals surface area (Å²) in [6, 6.07) is 0. The average molecular weight is 278 g/mol. The molecule has 3 rings (SSSR count). The lowest BCUT2D eigenvalue weighted by molar-refractivity contribution is 0.206. The van der Waals surface area contributed by atoms with Crippen LogP contribution in [0.2, 0.25) is 0 Å². The maximum absolute atomic E-state index is 4.58. The molecule has 0 amide bonds. The maximum atomic E-state index is 4.58. The van der Waals surface area contributed by atoms with Crippen LogP contribution in [-0.2, 0) is 6.54 Å². The third kappa shape index (κ3) is 2.83. The molecule has 2 aromatic heterocycles. The van der Waals surface area contributed by atoms with Crippen molar-refractivity contribution in [2.45, 2.75) is 26.3 Å². The van der Waals surface area contributed by atoms with Crippen molar-refractivity contribution in [1.29, 1.82) is 0 Å². The van der Waals surface area contributed by atoms with Crippen LogP contribution in [0.1, 0.15) is 24.2 Å². The average Bonchev–Trinajstić information content (AvgIpc) is 2.92. The summed E-state index contributed by atoms with van der Waals surface area (Å²) in [5.74, 6) is 0.796. The van der Waals surface area contributed by atoms with Gasteiger partial charge in [0.2, 0.25) is 0 Å². The highest BCUT2D eigenvalue weighted by Gasteiger charge is 2.17. The number of piperidine rings is 1. The molecule has 0 saturated carbocycles. The molecule has 0 bridgehead atoms. The van der Waals surface area contributed by atoms with Crippen molar-refractivity contribution in [3.05, 3.63) is 23.0 Å². The van der Waals surface area contributed by atoms with E-state index in [0.717, 1.165) is 29.7 Å². The smallest absolute Gasteiger partial charge is 0.194 e. The predicted octanol–water partition coefficient (Wildman–Crippen LogP) is 2.14. The van der Waals surface area contributed by atoms with Crippen LogP contribution in [0, 0.1) is 12.8 Å². The van der Waals surface area contributed by atoms with Crippen LogP contribution < -0.4 is 5.32 Å². The number of aryl methyl sites for hydroxylation is 1. The lowest BCUT2D eigenvalue weighted by Gasteiger charge is -2.29. The van der Waals surface area contributed by atoms with Gasteiger partial charge in [-0.1, -0.05) is 0 Å². The first kappa shape index (κ1) is 13.1. The van der Waals surface area contributed by atoms with E-state index in [1.807, 2.05) is 0 Å². The van der Waals surface area contributed by atoms with Crippen LogP contribution in [0.5, 0.6) is 0 Å². The van der Waals surface area contributed by atoms with Gasteiger partial charge in [-0.3, -0.25) is 4.40 Å². The first-order valence-corrected chi connectivity index (χ1v) is 7.92. The number of fused-ring (bicyclic) bond motifs is 1. The molecular weight excluding hydrogens is 256 g/mol. The largest absolute Gasteiger partial charge is 0.311 e. The molecule has 3 heterocycles. The topological polar surface area (TPSA) is 32.6 Å². The molecule has 1 saturated heterocycles. The van der Waals surface area contributed by atoms with Crippen LogP contribution in [0.15, 0.2) is 11.6 Å². The summed E-state index contributed by atoms with van der Waals surface area (Å²) >= 11 is 1.70. The Kier molecular flexibility index (Phi) is 3.86. The second-order valence-electron chi connectivity index (χ2n) is 5.60. The molecular formula is C14H22N4S. The first-order valence-electron chi connectivity index (χ1n) is 7.04. The minimum atomic E-state index is 0.796. The van der Waals surface area contributed by atoms with E-state index in [1.54, 1.807) is 11.3 Å². The second-order valence-corrected chi connectivity index (χ2v) is 6.47. The van der Waals surface area contributed by atoms with E-state index in [9.17, 15) is 0 Å². The van der Waals surface area contributed by atoms with Gasteiger partial charge in [-0.05, 0) is 45.8 Å². The Morgan fingerprint density at radius 1 is 1.53 bits per heavy atom. The maximum Gasteiger partial charge on any atom is 0.194 e. The van der Waals surface area contributed by atoms with Crippen molar-refractivity contribution >= 4 is 16.3 Å². The molecule has 1 aliphatic heterocycles. The lowest BCUT2D eigenvalue weighted by Crippen LogP contribution is -2.37. The van der Waals surface area contributed by atoms with Gasteiger partial charge in [0.05, 0.1) is 11.4 Å². The number of aromatic nitrogens is 2. The van der Waals surface area contributed by atoms with E-state index < -0.39 is 0 Å². The predicted molar refractivity (Wildman–Crippen MR) is 79.7 cm³/mol. The Labute approximate surface area is 118 Å². The summed E-state index contributed by atoms with van der Waals surface area (Å²) in [5, 5.41) is 5.72. The molecule has 0 aromatic carbocycles. The molecule has 4 nitrogen and oxygen atoms in total. The minimum absolute atomic E-state index is 0.796.